The van der Waals surface area contributed by atoms with Crippen molar-refractivity contribution in [1.29, 1.82) is 0 Å². The number of hydrogen-bond acceptors (Lipinski definition) is 2. The standard InChI is InChI=1S/C13H14N2O2/c1-7-5-9-10(6-8(7)2)15-11(14-9)13(3-4-13)12(16)17/h5-6H,3-4H2,1-2H3,(H,14,15)(H,16,17). The number of carbonyl (C=O) groups is 1. The lowest BCUT2D eigenvalue weighted by Gasteiger charge is -2.03. The van der Waals surface area contributed by atoms with E-state index < -0.39 is 11.4 Å². The highest BCUT2D eigenvalue weighted by Gasteiger charge is 2.54. The van der Waals surface area contributed by atoms with Crippen LogP contribution < -0.4 is 0 Å². The molecule has 17 heavy (non-hydrogen) atoms. The number of H-pyrrole nitrogens is 1. The Kier molecular flexibility index (Phi) is 1.88. The first-order valence-electron chi connectivity index (χ1n) is 5.74. The van der Waals surface area contributed by atoms with Gasteiger partial charge in [-0.15, -0.1) is 0 Å². The number of carboxylic acids is 1. The van der Waals surface area contributed by atoms with Crippen LogP contribution in [0.3, 0.4) is 0 Å². The van der Waals surface area contributed by atoms with Crippen molar-refractivity contribution < 1.29 is 9.90 Å². The van der Waals surface area contributed by atoms with Gasteiger partial charge in [-0.3, -0.25) is 4.79 Å². The zero-order chi connectivity index (χ0) is 12.2. The number of aryl methyl sites for hydroxylation is 2. The lowest BCUT2D eigenvalue weighted by atomic mass is 10.1. The average Bonchev–Trinajstić information content (AvgIpc) is 2.98. The topological polar surface area (TPSA) is 66.0 Å². The van der Waals surface area contributed by atoms with Gasteiger partial charge in [0.15, 0.2) is 0 Å². The fourth-order valence-electron chi connectivity index (χ4n) is 2.17. The summed E-state index contributed by atoms with van der Waals surface area (Å²) in [7, 11) is 0. The van der Waals surface area contributed by atoms with Crippen molar-refractivity contribution >= 4 is 17.0 Å². The zero-order valence-corrected chi connectivity index (χ0v) is 9.87. The Bertz CT molecular complexity index is 585. The van der Waals surface area contributed by atoms with Gasteiger partial charge in [-0.05, 0) is 49.9 Å². The largest absolute Gasteiger partial charge is 0.480 e. The van der Waals surface area contributed by atoms with Crippen molar-refractivity contribution in [3.05, 3.63) is 29.1 Å². The molecule has 0 aliphatic heterocycles. The van der Waals surface area contributed by atoms with Gasteiger partial charge in [0.05, 0.1) is 11.0 Å². The molecule has 1 aromatic carbocycles. The van der Waals surface area contributed by atoms with Crippen molar-refractivity contribution in [3.8, 4) is 0 Å². The van der Waals surface area contributed by atoms with Gasteiger partial charge in [0.25, 0.3) is 0 Å². The van der Waals surface area contributed by atoms with Crippen LogP contribution in [-0.4, -0.2) is 21.0 Å². The van der Waals surface area contributed by atoms with E-state index in [1.807, 2.05) is 26.0 Å². The Balaban J connectivity index is 2.18. The lowest BCUT2D eigenvalue weighted by molar-refractivity contribution is -0.140. The molecule has 1 heterocycles. The maximum atomic E-state index is 11.2. The molecule has 1 aliphatic rings. The summed E-state index contributed by atoms with van der Waals surface area (Å²) in [4.78, 5) is 18.8. The third kappa shape index (κ3) is 1.37. The number of aromatic amines is 1. The van der Waals surface area contributed by atoms with Crippen LogP contribution in [-0.2, 0) is 10.2 Å². The maximum absolute atomic E-state index is 11.2. The van der Waals surface area contributed by atoms with Crippen LogP contribution in [0.4, 0.5) is 0 Å². The predicted molar refractivity (Wildman–Crippen MR) is 64.1 cm³/mol. The highest BCUT2D eigenvalue weighted by atomic mass is 16.4. The molecule has 2 N–H and O–H groups in total. The maximum Gasteiger partial charge on any atom is 0.317 e. The van der Waals surface area contributed by atoms with Gasteiger partial charge in [-0.25, -0.2) is 4.98 Å². The Hall–Kier alpha value is -1.84. The van der Waals surface area contributed by atoms with Crippen molar-refractivity contribution in [1.82, 2.24) is 9.97 Å². The molecule has 1 aromatic heterocycles. The number of rotatable bonds is 2. The van der Waals surface area contributed by atoms with E-state index in [2.05, 4.69) is 9.97 Å². The number of fused-ring (bicyclic) bond motifs is 1. The fraction of sp³-hybridized carbons (Fsp3) is 0.385. The summed E-state index contributed by atoms with van der Waals surface area (Å²) in [6.45, 7) is 4.08. The lowest BCUT2D eigenvalue weighted by Crippen LogP contribution is -2.20. The van der Waals surface area contributed by atoms with E-state index in [-0.39, 0.29) is 0 Å². The monoisotopic (exact) mass is 230 g/mol. The number of aliphatic carboxylic acids is 1. The van der Waals surface area contributed by atoms with Gasteiger partial charge in [-0.2, -0.15) is 0 Å². The second-order valence-electron chi connectivity index (χ2n) is 4.93. The molecule has 4 nitrogen and oxygen atoms in total. The summed E-state index contributed by atoms with van der Waals surface area (Å²) in [5.41, 5.74) is 3.40. The van der Waals surface area contributed by atoms with E-state index in [1.54, 1.807) is 0 Å². The van der Waals surface area contributed by atoms with E-state index >= 15 is 0 Å². The molecule has 0 radical (unpaired) electrons. The molecular formula is C13H14N2O2. The van der Waals surface area contributed by atoms with Gasteiger partial charge in [0.2, 0.25) is 0 Å². The third-order valence-electron chi connectivity index (χ3n) is 3.71. The van der Waals surface area contributed by atoms with Crippen LogP contribution in [0.2, 0.25) is 0 Å². The van der Waals surface area contributed by atoms with Crippen molar-refractivity contribution in [2.75, 3.05) is 0 Å². The van der Waals surface area contributed by atoms with Gasteiger partial charge in [0, 0.05) is 0 Å². The number of imidazole rings is 1. The summed E-state index contributed by atoms with van der Waals surface area (Å²) in [5.74, 6) is -0.171. The van der Waals surface area contributed by atoms with E-state index in [0.29, 0.717) is 18.7 Å². The summed E-state index contributed by atoms with van der Waals surface area (Å²) >= 11 is 0. The number of hydrogen-bond donors (Lipinski definition) is 2. The number of carboxylic acid groups (broad SMARTS) is 1. The minimum Gasteiger partial charge on any atom is -0.480 e. The van der Waals surface area contributed by atoms with Crippen LogP contribution in [0.5, 0.6) is 0 Å². The van der Waals surface area contributed by atoms with Crippen molar-refractivity contribution in [2.45, 2.75) is 32.1 Å². The molecule has 0 spiro atoms. The van der Waals surface area contributed by atoms with Crippen LogP contribution >= 0.6 is 0 Å². The molecule has 2 aromatic rings. The van der Waals surface area contributed by atoms with Gasteiger partial charge in [0.1, 0.15) is 11.2 Å². The molecule has 0 bridgehead atoms. The van der Waals surface area contributed by atoms with Crippen LogP contribution in [0, 0.1) is 13.8 Å². The van der Waals surface area contributed by atoms with Gasteiger partial charge < -0.3 is 10.1 Å². The summed E-state index contributed by atoms with van der Waals surface area (Å²) in [6, 6.07) is 4.03. The SMILES string of the molecule is Cc1cc2nc(C3(C(=O)O)CC3)[nH]c2cc1C. The normalized spacial score (nSPS) is 17.3. The quantitative estimate of drug-likeness (QED) is 0.831. The minimum absolute atomic E-state index is 0.602. The Labute approximate surface area is 98.7 Å². The molecule has 88 valence electrons. The van der Waals surface area contributed by atoms with E-state index in [4.69, 9.17) is 0 Å². The Morgan fingerprint density at radius 2 is 2.00 bits per heavy atom. The number of nitrogens with one attached hydrogen (secondary N) is 1. The zero-order valence-electron chi connectivity index (χ0n) is 9.87. The molecule has 3 rings (SSSR count). The highest BCUT2D eigenvalue weighted by Crippen LogP contribution is 2.47. The molecule has 0 atom stereocenters. The molecule has 4 heteroatoms. The summed E-state index contributed by atoms with van der Waals surface area (Å²) in [6.07, 6.45) is 1.36. The van der Waals surface area contributed by atoms with Crippen LogP contribution in [0.1, 0.15) is 29.8 Å². The average molecular weight is 230 g/mol. The first-order chi connectivity index (χ1) is 8.03. The molecule has 0 unspecified atom stereocenters. The molecule has 1 saturated carbocycles. The number of nitrogens with zero attached hydrogens (tertiary/aromatic N) is 1. The predicted octanol–water partition coefficient (Wildman–Crippen LogP) is 2.30. The second-order valence-corrected chi connectivity index (χ2v) is 4.93. The molecule has 1 aliphatic carbocycles. The second kappa shape index (κ2) is 3.09. The summed E-state index contributed by atoms with van der Waals surface area (Å²) < 4.78 is 0. The molecule has 0 amide bonds. The highest BCUT2D eigenvalue weighted by molar-refractivity contribution is 5.86. The van der Waals surface area contributed by atoms with Crippen molar-refractivity contribution in [3.63, 3.8) is 0 Å². The Morgan fingerprint density at radius 1 is 1.35 bits per heavy atom. The smallest absolute Gasteiger partial charge is 0.317 e. The first kappa shape index (κ1) is 10.3. The first-order valence-corrected chi connectivity index (χ1v) is 5.74. The fourth-order valence-corrected chi connectivity index (χ4v) is 2.17. The number of aromatic nitrogens is 2. The Morgan fingerprint density at radius 3 is 2.59 bits per heavy atom. The molecular weight excluding hydrogens is 216 g/mol. The van der Waals surface area contributed by atoms with Gasteiger partial charge in [-0.1, -0.05) is 0 Å². The number of benzene rings is 1. The van der Waals surface area contributed by atoms with Crippen molar-refractivity contribution in [2.24, 2.45) is 0 Å². The minimum atomic E-state index is -0.773. The van der Waals surface area contributed by atoms with E-state index in [9.17, 15) is 9.90 Å². The molecule has 1 fully saturated rings. The molecule has 0 saturated heterocycles. The van der Waals surface area contributed by atoms with Gasteiger partial charge >= 0.3 is 5.97 Å². The van der Waals surface area contributed by atoms with E-state index in [1.165, 1.54) is 11.1 Å². The van der Waals surface area contributed by atoms with E-state index in [0.717, 1.165) is 11.0 Å². The third-order valence-corrected chi connectivity index (χ3v) is 3.71. The summed E-state index contributed by atoms with van der Waals surface area (Å²) in [5, 5.41) is 9.23. The van der Waals surface area contributed by atoms with Crippen LogP contribution in [0.25, 0.3) is 11.0 Å². The van der Waals surface area contributed by atoms with Crippen LogP contribution in [0.15, 0.2) is 12.1 Å².